The second-order valence-corrected chi connectivity index (χ2v) is 2.80. The number of likely N-dealkylation sites (tertiary alicyclic amines) is 1. The minimum Gasteiger partial charge on any atom is -0.303 e. The molecule has 0 aromatic heterocycles. The van der Waals surface area contributed by atoms with E-state index >= 15 is 0 Å². The Hall–Kier alpha value is -0.300. The highest BCUT2D eigenvalue weighted by Gasteiger charge is 2.18. The summed E-state index contributed by atoms with van der Waals surface area (Å²) in [6.45, 7) is 9.01. The molecule has 0 radical (unpaired) electrons. The van der Waals surface area contributed by atoms with E-state index in [1.54, 1.807) is 0 Å². The zero-order chi connectivity index (χ0) is 8.69. The van der Waals surface area contributed by atoms with Crippen LogP contribution in [0, 0.1) is 0 Å². The third-order valence-electron chi connectivity index (χ3n) is 2.11. The highest BCUT2D eigenvalue weighted by Crippen LogP contribution is 2.17. The van der Waals surface area contributed by atoms with Crippen LogP contribution >= 0.6 is 0 Å². The normalized spacial score (nSPS) is 24.1. The Morgan fingerprint density at radius 2 is 2.18 bits per heavy atom. The van der Waals surface area contributed by atoms with Crippen molar-refractivity contribution in [3.8, 4) is 0 Å². The molecule has 1 aliphatic rings. The first kappa shape index (κ1) is 10.7. The average molecular weight is 155 g/mol. The van der Waals surface area contributed by atoms with Crippen LogP contribution < -0.4 is 0 Å². The van der Waals surface area contributed by atoms with Gasteiger partial charge in [0.2, 0.25) is 0 Å². The van der Waals surface area contributed by atoms with Crippen molar-refractivity contribution in [2.75, 3.05) is 13.6 Å². The first-order valence-corrected chi connectivity index (χ1v) is 4.65. The summed E-state index contributed by atoms with van der Waals surface area (Å²) in [6.07, 6.45) is 5.92. The molecule has 1 atom stereocenters. The number of rotatable bonds is 2. The molecular formula is C10H21N. The summed E-state index contributed by atoms with van der Waals surface area (Å²) in [7, 11) is 2.20. The van der Waals surface area contributed by atoms with Gasteiger partial charge >= 0.3 is 0 Å². The first-order valence-electron chi connectivity index (χ1n) is 4.65. The Morgan fingerprint density at radius 1 is 1.55 bits per heavy atom. The molecule has 66 valence electrons. The third-order valence-corrected chi connectivity index (χ3v) is 2.11. The highest BCUT2D eigenvalue weighted by molar-refractivity contribution is 4.83. The molecule has 1 unspecified atom stereocenters. The quantitative estimate of drug-likeness (QED) is 0.554. The van der Waals surface area contributed by atoms with Gasteiger partial charge in [-0.3, -0.25) is 0 Å². The van der Waals surface area contributed by atoms with Gasteiger partial charge in [-0.2, -0.15) is 0 Å². The Balaban J connectivity index is 0.000000461. The van der Waals surface area contributed by atoms with E-state index in [1.807, 2.05) is 19.9 Å². The van der Waals surface area contributed by atoms with E-state index in [0.717, 1.165) is 12.5 Å². The fraction of sp³-hybridized carbons (Fsp3) is 0.800. The standard InChI is InChI=1S/C8H15N.C2H6/c1-3-5-8-6-4-7-9(8)2;1-2/h3,8H,1,4-7H2,2H3;1-2H3. The van der Waals surface area contributed by atoms with Crippen molar-refractivity contribution in [2.24, 2.45) is 0 Å². The van der Waals surface area contributed by atoms with Crippen molar-refractivity contribution in [3.05, 3.63) is 12.7 Å². The van der Waals surface area contributed by atoms with Gasteiger partial charge in [-0.1, -0.05) is 19.9 Å². The topological polar surface area (TPSA) is 3.24 Å². The van der Waals surface area contributed by atoms with Gasteiger partial charge in [0, 0.05) is 6.04 Å². The molecule has 0 bridgehead atoms. The van der Waals surface area contributed by atoms with Gasteiger partial charge in [-0.25, -0.2) is 0 Å². The van der Waals surface area contributed by atoms with Gasteiger partial charge in [0.05, 0.1) is 0 Å². The van der Waals surface area contributed by atoms with E-state index < -0.39 is 0 Å². The maximum absolute atomic E-state index is 3.73. The summed E-state index contributed by atoms with van der Waals surface area (Å²) in [5.41, 5.74) is 0. The molecule has 0 aliphatic carbocycles. The van der Waals surface area contributed by atoms with Crippen molar-refractivity contribution >= 4 is 0 Å². The van der Waals surface area contributed by atoms with Crippen molar-refractivity contribution in [3.63, 3.8) is 0 Å². The van der Waals surface area contributed by atoms with Crippen LogP contribution in [0.2, 0.25) is 0 Å². The molecule has 1 heterocycles. The molecule has 0 saturated carbocycles. The van der Waals surface area contributed by atoms with E-state index in [1.165, 1.54) is 19.4 Å². The molecule has 1 heteroatoms. The SMILES string of the molecule is C=CCC1CCCN1C.CC. The summed E-state index contributed by atoms with van der Waals surface area (Å²) in [5, 5.41) is 0. The average Bonchev–Trinajstić information content (AvgIpc) is 2.42. The van der Waals surface area contributed by atoms with Gasteiger partial charge in [0.15, 0.2) is 0 Å². The summed E-state index contributed by atoms with van der Waals surface area (Å²) in [5.74, 6) is 0. The van der Waals surface area contributed by atoms with Crippen molar-refractivity contribution in [1.29, 1.82) is 0 Å². The summed E-state index contributed by atoms with van der Waals surface area (Å²) in [6, 6.07) is 0.794. The van der Waals surface area contributed by atoms with Gasteiger partial charge in [0.25, 0.3) is 0 Å². The maximum Gasteiger partial charge on any atom is 0.0127 e. The fourth-order valence-electron chi connectivity index (χ4n) is 1.47. The van der Waals surface area contributed by atoms with Crippen LogP contribution in [0.5, 0.6) is 0 Å². The monoisotopic (exact) mass is 155 g/mol. The molecule has 1 rings (SSSR count). The second kappa shape index (κ2) is 6.41. The lowest BCUT2D eigenvalue weighted by molar-refractivity contribution is 0.313. The summed E-state index contributed by atoms with van der Waals surface area (Å²) < 4.78 is 0. The molecule has 0 N–H and O–H groups in total. The number of nitrogens with zero attached hydrogens (tertiary/aromatic N) is 1. The van der Waals surface area contributed by atoms with Gasteiger partial charge in [-0.05, 0) is 32.9 Å². The van der Waals surface area contributed by atoms with Gasteiger partial charge in [0.1, 0.15) is 0 Å². The Bertz CT molecular complexity index is 99.0. The Morgan fingerprint density at radius 3 is 2.55 bits per heavy atom. The van der Waals surface area contributed by atoms with Crippen LogP contribution in [0.15, 0.2) is 12.7 Å². The Kier molecular flexibility index (Phi) is 6.24. The van der Waals surface area contributed by atoms with E-state index in [-0.39, 0.29) is 0 Å². The van der Waals surface area contributed by atoms with Crippen LogP contribution in [0.3, 0.4) is 0 Å². The molecule has 0 aromatic carbocycles. The molecule has 11 heavy (non-hydrogen) atoms. The van der Waals surface area contributed by atoms with Crippen molar-refractivity contribution in [2.45, 2.75) is 39.2 Å². The van der Waals surface area contributed by atoms with Crippen LogP contribution in [-0.4, -0.2) is 24.5 Å². The molecule has 0 aromatic rings. The van der Waals surface area contributed by atoms with Crippen LogP contribution in [-0.2, 0) is 0 Å². The zero-order valence-electron chi connectivity index (χ0n) is 8.14. The van der Waals surface area contributed by atoms with Crippen molar-refractivity contribution in [1.82, 2.24) is 4.90 Å². The molecule has 0 amide bonds. The molecule has 1 nitrogen and oxygen atoms in total. The fourth-order valence-corrected chi connectivity index (χ4v) is 1.47. The summed E-state index contributed by atoms with van der Waals surface area (Å²) in [4.78, 5) is 2.42. The Labute approximate surface area is 71.1 Å². The minimum atomic E-state index is 0.794. The molecule has 1 saturated heterocycles. The lowest BCUT2D eigenvalue weighted by Gasteiger charge is -2.16. The van der Waals surface area contributed by atoms with Gasteiger partial charge < -0.3 is 4.90 Å². The van der Waals surface area contributed by atoms with Crippen LogP contribution in [0.4, 0.5) is 0 Å². The largest absolute Gasteiger partial charge is 0.303 e. The lowest BCUT2D eigenvalue weighted by Crippen LogP contribution is -2.23. The number of hydrogen-bond donors (Lipinski definition) is 0. The smallest absolute Gasteiger partial charge is 0.0127 e. The summed E-state index contributed by atoms with van der Waals surface area (Å²) >= 11 is 0. The third kappa shape index (κ3) is 3.57. The van der Waals surface area contributed by atoms with E-state index in [9.17, 15) is 0 Å². The first-order chi connectivity index (χ1) is 5.34. The molecule has 0 spiro atoms. The van der Waals surface area contributed by atoms with E-state index in [0.29, 0.717) is 0 Å². The van der Waals surface area contributed by atoms with E-state index in [4.69, 9.17) is 0 Å². The maximum atomic E-state index is 3.73. The van der Waals surface area contributed by atoms with Crippen molar-refractivity contribution < 1.29 is 0 Å². The predicted molar refractivity (Wildman–Crippen MR) is 51.8 cm³/mol. The zero-order valence-corrected chi connectivity index (χ0v) is 8.14. The second-order valence-electron chi connectivity index (χ2n) is 2.80. The van der Waals surface area contributed by atoms with E-state index in [2.05, 4.69) is 18.5 Å². The highest BCUT2D eigenvalue weighted by atomic mass is 15.1. The number of hydrogen-bond acceptors (Lipinski definition) is 1. The predicted octanol–water partition coefficient (Wildman–Crippen LogP) is 2.68. The van der Waals surface area contributed by atoms with Crippen LogP contribution in [0.1, 0.15) is 33.1 Å². The molecule has 1 aliphatic heterocycles. The lowest BCUT2D eigenvalue weighted by atomic mass is 10.1. The minimum absolute atomic E-state index is 0.794. The van der Waals surface area contributed by atoms with Gasteiger partial charge in [-0.15, -0.1) is 6.58 Å². The molecule has 1 fully saturated rings. The molecular weight excluding hydrogens is 134 g/mol. The van der Waals surface area contributed by atoms with Crippen LogP contribution in [0.25, 0.3) is 0 Å².